The number of nitrogens with two attached hydrogens (primary N) is 1. The highest BCUT2D eigenvalue weighted by atomic mass is 19.1. The van der Waals surface area contributed by atoms with E-state index in [1.54, 1.807) is 6.92 Å². The van der Waals surface area contributed by atoms with Gasteiger partial charge in [0.25, 0.3) is 5.91 Å². The Bertz CT molecular complexity index is 655. The first-order valence-electron chi connectivity index (χ1n) is 5.76. The summed E-state index contributed by atoms with van der Waals surface area (Å²) in [4.78, 5) is 17.3. The fourth-order valence-electron chi connectivity index (χ4n) is 1.72. The number of rotatable bonds is 3. The Morgan fingerprint density at radius 2 is 2.15 bits per heavy atom. The molecule has 0 saturated carbocycles. The molecule has 0 radical (unpaired) electrons. The SMILES string of the molecule is Cc1nc(CN(C)C(=O)c2cc(F)cc(N)c2F)n[nH]1. The second-order valence-corrected chi connectivity index (χ2v) is 4.35. The molecule has 0 saturated heterocycles. The molecule has 20 heavy (non-hydrogen) atoms. The van der Waals surface area contributed by atoms with Crippen LogP contribution in [0.5, 0.6) is 0 Å². The van der Waals surface area contributed by atoms with Gasteiger partial charge in [0, 0.05) is 7.05 Å². The van der Waals surface area contributed by atoms with Gasteiger partial charge in [-0.05, 0) is 19.1 Å². The Morgan fingerprint density at radius 3 is 2.75 bits per heavy atom. The van der Waals surface area contributed by atoms with Gasteiger partial charge in [-0.3, -0.25) is 9.89 Å². The van der Waals surface area contributed by atoms with Gasteiger partial charge < -0.3 is 10.6 Å². The molecule has 0 aliphatic heterocycles. The first kappa shape index (κ1) is 13.9. The second-order valence-electron chi connectivity index (χ2n) is 4.35. The van der Waals surface area contributed by atoms with Crippen LogP contribution in [0, 0.1) is 18.6 Å². The van der Waals surface area contributed by atoms with Crippen LogP contribution in [0.25, 0.3) is 0 Å². The largest absolute Gasteiger partial charge is 0.396 e. The van der Waals surface area contributed by atoms with Crippen molar-refractivity contribution in [1.82, 2.24) is 20.1 Å². The third-order valence-corrected chi connectivity index (χ3v) is 2.66. The van der Waals surface area contributed by atoms with Gasteiger partial charge in [0.05, 0.1) is 17.8 Å². The molecule has 8 heteroatoms. The van der Waals surface area contributed by atoms with E-state index in [1.165, 1.54) is 11.9 Å². The third-order valence-electron chi connectivity index (χ3n) is 2.66. The molecule has 1 heterocycles. The summed E-state index contributed by atoms with van der Waals surface area (Å²) in [7, 11) is 1.44. The number of hydrogen-bond donors (Lipinski definition) is 2. The third kappa shape index (κ3) is 2.73. The van der Waals surface area contributed by atoms with Gasteiger partial charge in [-0.1, -0.05) is 0 Å². The van der Waals surface area contributed by atoms with Crippen LogP contribution in [0.3, 0.4) is 0 Å². The molecule has 3 N–H and O–H groups in total. The minimum atomic E-state index is -0.936. The molecule has 0 unspecified atom stereocenters. The number of carbonyl (C=O) groups is 1. The van der Waals surface area contributed by atoms with Crippen molar-refractivity contribution in [2.45, 2.75) is 13.5 Å². The van der Waals surface area contributed by atoms with Crippen molar-refractivity contribution in [1.29, 1.82) is 0 Å². The molecule has 106 valence electrons. The Hall–Kier alpha value is -2.51. The molecule has 0 spiro atoms. The summed E-state index contributed by atoms with van der Waals surface area (Å²) in [6, 6.07) is 1.64. The van der Waals surface area contributed by atoms with E-state index in [2.05, 4.69) is 15.2 Å². The van der Waals surface area contributed by atoms with Crippen LogP contribution >= 0.6 is 0 Å². The zero-order valence-electron chi connectivity index (χ0n) is 10.9. The van der Waals surface area contributed by atoms with Gasteiger partial charge in [0.1, 0.15) is 11.6 Å². The number of amides is 1. The smallest absolute Gasteiger partial charge is 0.257 e. The van der Waals surface area contributed by atoms with Crippen LogP contribution in [0.15, 0.2) is 12.1 Å². The van der Waals surface area contributed by atoms with Gasteiger partial charge in [0.15, 0.2) is 11.6 Å². The lowest BCUT2D eigenvalue weighted by Gasteiger charge is -2.16. The lowest BCUT2D eigenvalue weighted by molar-refractivity contribution is 0.0776. The average Bonchev–Trinajstić information content (AvgIpc) is 2.78. The molecule has 1 aromatic heterocycles. The molecule has 0 aliphatic carbocycles. The Kier molecular flexibility index (Phi) is 3.64. The highest BCUT2D eigenvalue weighted by Crippen LogP contribution is 2.19. The minimum absolute atomic E-state index is 0.0685. The molecule has 0 fully saturated rings. The van der Waals surface area contributed by atoms with E-state index in [0.717, 1.165) is 12.1 Å². The summed E-state index contributed by atoms with van der Waals surface area (Å²) < 4.78 is 27.0. The number of halogens is 2. The van der Waals surface area contributed by atoms with E-state index in [1.807, 2.05) is 0 Å². The van der Waals surface area contributed by atoms with Gasteiger partial charge in [0.2, 0.25) is 0 Å². The molecule has 2 aromatic rings. The van der Waals surface area contributed by atoms with Crippen LogP contribution in [-0.4, -0.2) is 33.0 Å². The van der Waals surface area contributed by atoms with E-state index < -0.39 is 28.8 Å². The number of aromatic amines is 1. The number of nitrogen functional groups attached to an aromatic ring is 1. The summed E-state index contributed by atoms with van der Waals surface area (Å²) in [6.45, 7) is 1.78. The summed E-state index contributed by atoms with van der Waals surface area (Å²) in [5, 5.41) is 6.50. The summed E-state index contributed by atoms with van der Waals surface area (Å²) >= 11 is 0. The van der Waals surface area contributed by atoms with Crippen molar-refractivity contribution in [2.75, 3.05) is 12.8 Å². The molecule has 6 nitrogen and oxygen atoms in total. The number of nitrogens with one attached hydrogen (secondary N) is 1. The monoisotopic (exact) mass is 281 g/mol. The Balaban J connectivity index is 2.22. The lowest BCUT2D eigenvalue weighted by Crippen LogP contribution is -2.28. The fourth-order valence-corrected chi connectivity index (χ4v) is 1.72. The molecule has 0 bridgehead atoms. The van der Waals surface area contributed by atoms with E-state index in [0.29, 0.717) is 11.6 Å². The highest BCUT2D eigenvalue weighted by molar-refractivity contribution is 5.95. The predicted octanol–water partition coefficient (Wildman–Crippen LogP) is 1.25. The molecule has 0 aliphatic rings. The highest BCUT2D eigenvalue weighted by Gasteiger charge is 2.20. The number of aryl methyl sites for hydroxylation is 1. The fraction of sp³-hybridized carbons (Fsp3) is 0.250. The summed E-state index contributed by atoms with van der Waals surface area (Å²) in [5.74, 6) is -1.43. The van der Waals surface area contributed by atoms with Crippen molar-refractivity contribution in [3.8, 4) is 0 Å². The maximum Gasteiger partial charge on any atom is 0.257 e. The molecular weight excluding hydrogens is 268 g/mol. The summed E-state index contributed by atoms with van der Waals surface area (Å²) in [6.07, 6.45) is 0. The molecular formula is C12H13F2N5O. The van der Waals surface area contributed by atoms with E-state index in [-0.39, 0.29) is 6.54 Å². The first-order valence-corrected chi connectivity index (χ1v) is 5.76. The van der Waals surface area contributed by atoms with Gasteiger partial charge in [-0.15, -0.1) is 0 Å². The van der Waals surface area contributed by atoms with Gasteiger partial charge in [-0.25, -0.2) is 13.8 Å². The van der Waals surface area contributed by atoms with Crippen molar-refractivity contribution in [3.05, 3.63) is 41.0 Å². The molecule has 2 rings (SSSR count). The first-order chi connectivity index (χ1) is 9.38. The van der Waals surface area contributed by atoms with E-state index in [4.69, 9.17) is 5.73 Å². The summed E-state index contributed by atoms with van der Waals surface area (Å²) in [5.41, 5.74) is 4.47. The van der Waals surface area contributed by atoms with Crippen molar-refractivity contribution < 1.29 is 13.6 Å². The maximum atomic E-state index is 13.8. The minimum Gasteiger partial charge on any atom is -0.396 e. The Labute approximate surface area is 113 Å². The van der Waals surface area contributed by atoms with Gasteiger partial charge >= 0.3 is 0 Å². The molecule has 1 amide bonds. The lowest BCUT2D eigenvalue weighted by atomic mass is 10.1. The Morgan fingerprint density at radius 1 is 1.45 bits per heavy atom. The zero-order chi connectivity index (χ0) is 14.9. The molecule has 0 atom stereocenters. The van der Waals surface area contributed by atoms with E-state index in [9.17, 15) is 13.6 Å². The molecule has 1 aromatic carbocycles. The van der Waals surface area contributed by atoms with Crippen molar-refractivity contribution in [3.63, 3.8) is 0 Å². The number of carbonyl (C=O) groups excluding carboxylic acids is 1. The van der Waals surface area contributed by atoms with Gasteiger partial charge in [-0.2, -0.15) is 5.10 Å². The number of aromatic nitrogens is 3. The number of H-pyrrole nitrogens is 1. The van der Waals surface area contributed by atoms with E-state index >= 15 is 0 Å². The van der Waals surface area contributed by atoms with Crippen LogP contribution in [0.4, 0.5) is 14.5 Å². The quantitative estimate of drug-likeness (QED) is 0.829. The van der Waals surface area contributed by atoms with Crippen molar-refractivity contribution >= 4 is 11.6 Å². The maximum absolute atomic E-state index is 13.8. The zero-order valence-corrected chi connectivity index (χ0v) is 10.9. The van der Waals surface area contributed by atoms with Crippen LogP contribution in [0.1, 0.15) is 22.0 Å². The topological polar surface area (TPSA) is 87.9 Å². The standard InChI is InChI=1S/C12H13F2N5O/c1-6-16-10(18-17-6)5-19(2)12(20)8-3-7(13)4-9(15)11(8)14/h3-4H,5,15H2,1-2H3,(H,16,17,18). The number of anilines is 1. The van der Waals surface area contributed by atoms with Crippen LogP contribution in [-0.2, 0) is 6.54 Å². The normalized spacial score (nSPS) is 10.6. The second kappa shape index (κ2) is 5.24. The van der Waals surface area contributed by atoms with Crippen molar-refractivity contribution in [2.24, 2.45) is 0 Å². The number of benzene rings is 1. The van der Waals surface area contributed by atoms with Crippen LogP contribution in [0.2, 0.25) is 0 Å². The number of hydrogen-bond acceptors (Lipinski definition) is 4. The average molecular weight is 281 g/mol. The predicted molar refractivity (Wildman–Crippen MR) is 67.7 cm³/mol. The van der Waals surface area contributed by atoms with Crippen LogP contribution < -0.4 is 5.73 Å². The number of nitrogens with zero attached hydrogens (tertiary/aromatic N) is 3.